The number of nitrogens with zero attached hydrogens (tertiary/aromatic N) is 2. The molecule has 0 radical (unpaired) electrons. The third kappa shape index (κ3) is 3.24. The van der Waals surface area contributed by atoms with Crippen molar-refractivity contribution in [2.45, 2.75) is 26.8 Å². The fourth-order valence-electron chi connectivity index (χ4n) is 2.91. The van der Waals surface area contributed by atoms with Crippen molar-refractivity contribution in [3.63, 3.8) is 0 Å². The second-order valence-electron chi connectivity index (χ2n) is 5.78. The molecule has 0 aliphatic carbocycles. The van der Waals surface area contributed by atoms with Crippen LogP contribution in [-0.2, 0) is 13.0 Å². The summed E-state index contributed by atoms with van der Waals surface area (Å²) in [6.07, 6.45) is 0.912. The van der Waals surface area contributed by atoms with Gasteiger partial charge in [0.1, 0.15) is 11.5 Å². The van der Waals surface area contributed by atoms with E-state index in [4.69, 9.17) is 0 Å². The molecule has 0 atom stereocenters. The number of hydrogen-bond acceptors (Lipinski definition) is 3. The maximum atomic E-state index is 13.3. The van der Waals surface area contributed by atoms with E-state index in [-0.39, 0.29) is 17.3 Å². The third-order valence-electron chi connectivity index (χ3n) is 4.29. The number of anilines is 1. The van der Waals surface area contributed by atoms with Crippen LogP contribution >= 0.6 is 0 Å². The molecule has 1 amide bonds. The number of carbonyl (C=O) groups excluding carboxylic acids is 1. The van der Waals surface area contributed by atoms with Gasteiger partial charge >= 0.3 is 0 Å². The number of rotatable bonds is 3. The second-order valence-corrected chi connectivity index (χ2v) is 5.78. The minimum Gasteiger partial charge on any atom is -0.320 e. The Morgan fingerprint density at radius 2 is 2.17 bits per heavy atom. The highest BCUT2D eigenvalue weighted by Gasteiger charge is 2.19. The van der Waals surface area contributed by atoms with Crippen molar-refractivity contribution in [1.82, 2.24) is 9.88 Å². The van der Waals surface area contributed by atoms with Gasteiger partial charge in [-0.1, -0.05) is 19.1 Å². The van der Waals surface area contributed by atoms with Crippen molar-refractivity contribution in [3.05, 3.63) is 58.7 Å². The number of fused-ring (bicyclic) bond motifs is 1. The molecule has 1 aliphatic rings. The maximum absolute atomic E-state index is 13.3. The fourth-order valence-corrected chi connectivity index (χ4v) is 2.91. The topological polar surface area (TPSA) is 45.2 Å². The molecule has 0 saturated heterocycles. The number of amides is 1. The molecule has 0 unspecified atom stereocenters. The van der Waals surface area contributed by atoms with Crippen molar-refractivity contribution in [2.75, 3.05) is 18.4 Å². The van der Waals surface area contributed by atoms with Gasteiger partial charge in [-0.3, -0.25) is 9.69 Å². The van der Waals surface area contributed by atoms with Crippen molar-refractivity contribution < 1.29 is 9.18 Å². The smallest absolute Gasteiger partial charge is 0.274 e. The molecule has 4 nitrogen and oxygen atoms in total. The highest BCUT2D eigenvalue weighted by Crippen LogP contribution is 2.26. The average molecular weight is 313 g/mol. The van der Waals surface area contributed by atoms with Crippen molar-refractivity contribution in [3.8, 4) is 0 Å². The summed E-state index contributed by atoms with van der Waals surface area (Å²) in [6, 6.07) is 8.65. The molecular weight excluding hydrogens is 293 g/mol. The lowest BCUT2D eigenvalue weighted by atomic mass is 9.97. The zero-order valence-corrected chi connectivity index (χ0v) is 13.4. The Kier molecular flexibility index (Phi) is 4.39. The lowest BCUT2D eigenvalue weighted by Crippen LogP contribution is -2.31. The van der Waals surface area contributed by atoms with Crippen LogP contribution in [0.1, 0.15) is 34.2 Å². The standard InChI is InChI=1S/C18H20FN3O/c1-3-22-10-9-14-13(11-22)5-4-6-16(14)21-18(23)17-8-7-15(19)12(2)20-17/h4-8H,3,9-11H2,1-2H3,(H,21,23). The first-order valence-electron chi connectivity index (χ1n) is 7.86. The van der Waals surface area contributed by atoms with Crippen LogP contribution in [0.15, 0.2) is 30.3 Å². The van der Waals surface area contributed by atoms with Gasteiger partial charge in [-0.05, 0) is 49.2 Å². The Bertz CT molecular complexity index is 745. The molecule has 2 aromatic rings. The maximum Gasteiger partial charge on any atom is 0.274 e. The Hall–Kier alpha value is -2.27. The lowest BCUT2D eigenvalue weighted by molar-refractivity contribution is 0.102. The number of hydrogen-bond donors (Lipinski definition) is 1. The number of aryl methyl sites for hydroxylation is 1. The van der Waals surface area contributed by atoms with Gasteiger partial charge in [0.25, 0.3) is 5.91 Å². The number of pyridine rings is 1. The summed E-state index contributed by atoms with van der Waals surface area (Å²) in [5, 5.41) is 2.92. The Labute approximate surface area is 135 Å². The van der Waals surface area contributed by atoms with E-state index >= 15 is 0 Å². The molecule has 0 bridgehead atoms. The first-order valence-corrected chi connectivity index (χ1v) is 7.86. The summed E-state index contributed by atoms with van der Waals surface area (Å²) in [4.78, 5) is 18.8. The molecule has 3 rings (SSSR count). The van der Waals surface area contributed by atoms with Gasteiger partial charge in [-0.15, -0.1) is 0 Å². The van der Waals surface area contributed by atoms with Crippen LogP contribution in [0.2, 0.25) is 0 Å². The van der Waals surface area contributed by atoms with E-state index in [1.807, 2.05) is 12.1 Å². The van der Waals surface area contributed by atoms with Gasteiger partial charge in [-0.25, -0.2) is 9.37 Å². The van der Waals surface area contributed by atoms with Gasteiger partial charge in [0.2, 0.25) is 0 Å². The van der Waals surface area contributed by atoms with Crippen LogP contribution in [0.25, 0.3) is 0 Å². The summed E-state index contributed by atoms with van der Waals surface area (Å²) in [7, 11) is 0. The van der Waals surface area contributed by atoms with Crippen LogP contribution < -0.4 is 5.32 Å². The molecule has 23 heavy (non-hydrogen) atoms. The zero-order chi connectivity index (χ0) is 16.4. The number of halogens is 1. The molecule has 0 spiro atoms. The SMILES string of the molecule is CCN1CCc2c(cccc2NC(=O)c2ccc(F)c(C)n2)C1. The number of benzene rings is 1. The van der Waals surface area contributed by atoms with Crippen molar-refractivity contribution >= 4 is 11.6 Å². The highest BCUT2D eigenvalue weighted by atomic mass is 19.1. The highest BCUT2D eigenvalue weighted by molar-refractivity contribution is 6.03. The molecule has 0 saturated carbocycles. The first-order chi connectivity index (χ1) is 11.1. The quantitative estimate of drug-likeness (QED) is 0.947. The fraction of sp³-hybridized carbons (Fsp3) is 0.333. The van der Waals surface area contributed by atoms with Crippen molar-refractivity contribution in [1.29, 1.82) is 0 Å². The monoisotopic (exact) mass is 313 g/mol. The minimum atomic E-state index is -0.404. The van der Waals surface area contributed by atoms with Gasteiger partial charge in [0, 0.05) is 18.8 Å². The van der Waals surface area contributed by atoms with E-state index in [1.54, 1.807) is 6.92 Å². The van der Waals surface area contributed by atoms with Crippen LogP contribution in [-0.4, -0.2) is 28.9 Å². The van der Waals surface area contributed by atoms with Crippen LogP contribution in [0.5, 0.6) is 0 Å². The summed E-state index contributed by atoms with van der Waals surface area (Å²) in [5.74, 6) is -0.710. The first kappa shape index (κ1) is 15.6. The zero-order valence-electron chi connectivity index (χ0n) is 13.4. The Morgan fingerprint density at radius 3 is 2.91 bits per heavy atom. The predicted octanol–water partition coefficient (Wildman–Crippen LogP) is 3.16. The molecule has 1 aliphatic heterocycles. The van der Waals surface area contributed by atoms with E-state index in [1.165, 1.54) is 23.3 Å². The van der Waals surface area contributed by atoms with Crippen LogP contribution in [0.3, 0.4) is 0 Å². The summed E-state index contributed by atoms with van der Waals surface area (Å²) >= 11 is 0. The molecule has 5 heteroatoms. The molecular formula is C18H20FN3O. The van der Waals surface area contributed by atoms with E-state index in [9.17, 15) is 9.18 Å². The summed E-state index contributed by atoms with van der Waals surface area (Å²) in [5.41, 5.74) is 3.72. The minimum absolute atomic E-state index is 0.228. The number of aromatic nitrogens is 1. The van der Waals surface area contributed by atoms with Crippen LogP contribution in [0, 0.1) is 12.7 Å². The molecule has 1 aromatic heterocycles. The molecule has 120 valence electrons. The van der Waals surface area contributed by atoms with Crippen LogP contribution in [0.4, 0.5) is 10.1 Å². The largest absolute Gasteiger partial charge is 0.320 e. The third-order valence-corrected chi connectivity index (χ3v) is 4.29. The Morgan fingerprint density at radius 1 is 1.35 bits per heavy atom. The normalized spacial score (nSPS) is 14.4. The Balaban J connectivity index is 1.83. The molecule has 1 N–H and O–H groups in total. The van der Waals surface area contributed by atoms with E-state index < -0.39 is 5.82 Å². The molecule has 2 heterocycles. The number of nitrogens with one attached hydrogen (secondary N) is 1. The van der Waals surface area contributed by atoms with Gasteiger partial charge in [0.15, 0.2) is 0 Å². The average Bonchev–Trinajstić information content (AvgIpc) is 2.57. The van der Waals surface area contributed by atoms with Gasteiger partial charge in [0.05, 0.1) is 5.69 Å². The van der Waals surface area contributed by atoms with E-state index in [2.05, 4.69) is 28.2 Å². The van der Waals surface area contributed by atoms with Gasteiger partial charge in [-0.2, -0.15) is 0 Å². The predicted molar refractivity (Wildman–Crippen MR) is 88.0 cm³/mol. The summed E-state index contributed by atoms with van der Waals surface area (Å²) < 4.78 is 13.3. The molecule has 0 fully saturated rings. The number of carbonyl (C=O) groups is 1. The van der Waals surface area contributed by atoms with Gasteiger partial charge < -0.3 is 5.32 Å². The van der Waals surface area contributed by atoms with E-state index in [0.717, 1.165) is 31.7 Å². The van der Waals surface area contributed by atoms with Crippen molar-refractivity contribution in [2.24, 2.45) is 0 Å². The second kappa shape index (κ2) is 6.46. The van der Waals surface area contributed by atoms with E-state index in [0.29, 0.717) is 0 Å². The lowest BCUT2D eigenvalue weighted by Gasteiger charge is -2.29. The molecule has 1 aromatic carbocycles. The number of likely N-dealkylation sites (N-methyl/N-ethyl adjacent to an activating group) is 1. The summed E-state index contributed by atoms with van der Waals surface area (Å²) in [6.45, 7) is 6.62.